The van der Waals surface area contributed by atoms with E-state index in [0.29, 0.717) is 6.42 Å². The average Bonchev–Trinajstić information content (AvgIpc) is 2.45. The summed E-state index contributed by atoms with van der Waals surface area (Å²) < 4.78 is 0. The van der Waals surface area contributed by atoms with E-state index in [9.17, 15) is 4.79 Å². The van der Waals surface area contributed by atoms with E-state index in [1.165, 1.54) is 57.8 Å². The maximum atomic E-state index is 10.8. The number of carboxylic acid groups (broad SMARTS) is 1. The Morgan fingerprint density at radius 2 is 1.33 bits per heavy atom. The second-order valence-corrected chi connectivity index (χ2v) is 6.12. The molecular weight excluding hydrogens is 266 g/mol. The zero-order chi connectivity index (χ0) is 15.9. The van der Waals surface area contributed by atoms with Crippen LogP contribution in [0.1, 0.15) is 84.0 Å². The first-order valence-electron chi connectivity index (χ1n) is 8.72. The summed E-state index contributed by atoms with van der Waals surface area (Å²) in [6, 6.07) is -0.425. The van der Waals surface area contributed by atoms with Crippen molar-refractivity contribution in [3.8, 4) is 0 Å². The van der Waals surface area contributed by atoms with Gasteiger partial charge in [0.25, 0.3) is 0 Å². The van der Waals surface area contributed by atoms with Gasteiger partial charge in [0.2, 0.25) is 0 Å². The molecule has 0 amide bonds. The molecule has 0 aromatic rings. The molecule has 0 rings (SSSR count). The molecule has 0 fully saturated rings. The van der Waals surface area contributed by atoms with Gasteiger partial charge in [0.05, 0.1) is 12.5 Å². The van der Waals surface area contributed by atoms with Crippen molar-refractivity contribution >= 4 is 5.97 Å². The van der Waals surface area contributed by atoms with Crippen LogP contribution in [0.4, 0.5) is 0 Å². The number of carboxylic acids is 1. The lowest BCUT2D eigenvalue weighted by Crippen LogP contribution is -2.37. The predicted molar refractivity (Wildman–Crippen MR) is 87.3 cm³/mol. The van der Waals surface area contributed by atoms with Crippen LogP contribution in [0, 0.1) is 5.92 Å². The van der Waals surface area contributed by atoms with Crippen molar-refractivity contribution in [2.24, 2.45) is 11.7 Å². The Balaban J connectivity index is 3.34. The molecule has 4 heteroatoms. The molecule has 0 heterocycles. The summed E-state index contributed by atoms with van der Waals surface area (Å²) in [6.45, 7) is 1.87. The van der Waals surface area contributed by atoms with Gasteiger partial charge in [-0.3, -0.25) is 4.79 Å². The lowest BCUT2D eigenvalue weighted by atomic mass is 9.95. The third kappa shape index (κ3) is 11.7. The molecule has 126 valence electrons. The molecule has 0 bridgehead atoms. The summed E-state index contributed by atoms with van der Waals surface area (Å²) in [7, 11) is 0. The fourth-order valence-corrected chi connectivity index (χ4v) is 2.64. The lowest BCUT2D eigenvalue weighted by molar-refractivity contribution is -0.143. The van der Waals surface area contributed by atoms with Crippen molar-refractivity contribution in [1.29, 1.82) is 0 Å². The molecule has 0 unspecified atom stereocenters. The Morgan fingerprint density at radius 1 is 0.905 bits per heavy atom. The van der Waals surface area contributed by atoms with Crippen LogP contribution in [0.15, 0.2) is 0 Å². The van der Waals surface area contributed by atoms with E-state index < -0.39 is 17.9 Å². The van der Waals surface area contributed by atoms with E-state index in [1.807, 2.05) is 0 Å². The first-order valence-corrected chi connectivity index (χ1v) is 8.72. The predicted octanol–water partition coefficient (Wildman–Crippen LogP) is 3.71. The van der Waals surface area contributed by atoms with Crippen LogP contribution in [0.3, 0.4) is 0 Å². The van der Waals surface area contributed by atoms with Crippen molar-refractivity contribution in [1.82, 2.24) is 0 Å². The topological polar surface area (TPSA) is 83.5 Å². The Morgan fingerprint density at radius 3 is 1.71 bits per heavy atom. The van der Waals surface area contributed by atoms with E-state index >= 15 is 0 Å². The first kappa shape index (κ1) is 20.4. The molecule has 0 aliphatic rings. The van der Waals surface area contributed by atoms with Crippen LogP contribution in [0.5, 0.6) is 0 Å². The third-order valence-corrected chi connectivity index (χ3v) is 4.17. The third-order valence-electron chi connectivity index (χ3n) is 4.17. The smallest absolute Gasteiger partial charge is 0.310 e. The van der Waals surface area contributed by atoms with E-state index in [0.717, 1.165) is 12.8 Å². The molecule has 0 radical (unpaired) electrons. The number of carbonyl (C=O) groups is 1. The van der Waals surface area contributed by atoms with E-state index in [-0.39, 0.29) is 6.61 Å². The number of aliphatic carboxylic acids is 1. The first-order chi connectivity index (χ1) is 10.1. The van der Waals surface area contributed by atoms with Crippen LogP contribution in [-0.2, 0) is 4.79 Å². The number of nitrogens with two attached hydrogens (primary N) is 1. The van der Waals surface area contributed by atoms with Crippen LogP contribution >= 0.6 is 0 Å². The van der Waals surface area contributed by atoms with Gasteiger partial charge in [-0.2, -0.15) is 0 Å². The Hall–Kier alpha value is -0.610. The Labute approximate surface area is 130 Å². The molecule has 0 aliphatic carbocycles. The highest BCUT2D eigenvalue weighted by molar-refractivity contribution is 5.70. The SMILES string of the molecule is CCCCCCCCCCCCC[C@@H](N)[C@H](CO)C(=O)O. The highest BCUT2D eigenvalue weighted by Crippen LogP contribution is 2.14. The molecule has 21 heavy (non-hydrogen) atoms. The zero-order valence-electron chi connectivity index (χ0n) is 13.7. The minimum absolute atomic E-state index is 0.367. The number of aliphatic hydroxyl groups is 1. The second-order valence-electron chi connectivity index (χ2n) is 6.12. The maximum absolute atomic E-state index is 10.8. The van der Waals surface area contributed by atoms with Gasteiger partial charge < -0.3 is 15.9 Å². The highest BCUT2D eigenvalue weighted by atomic mass is 16.4. The number of hydrogen-bond acceptors (Lipinski definition) is 3. The molecule has 0 aromatic carbocycles. The van der Waals surface area contributed by atoms with Gasteiger partial charge in [0.1, 0.15) is 0 Å². The zero-order valence-corrected chi connectivity index (χ0v) is 13.7. The second kappa shape index (κ2) is 14.3. The standard InChI is InChI=1S/C17H35NO3/c1-2-3-4-5-6-7-8-9-10-11-12-13-16(18)15(14-19)17(20)21/h15-16,19H,2-14,18H2,1H3,(H,20,21)/t15-,16+/m0/s1. The van der Waals surface area contributed by atoms with Gasteiger partial charge in [-0.25, -0.2) is 0 Å². The molecule has 0 saturated heterocycles. The Bertz CT molecular complexity index is 246. The molecule has 2 atom stereocenters. The molecule has 0 aromatic heterocycles. The maximum Gasteiger partial charge on any atom is 0.310 e. The quantitative estimate of drug-likeness (QED) is 0.403. The minimum atomic E-state index is -0.993. The summed E-state index contributed by atoms with van der Waals surface area (Å²) in [5.74, 6) is -1.80. The van der Waals surface area contributed by atoms with Gasteiger partial charge in [-0.05, 0) is 6.42 Å². The van der Waals surface area contributed by atoms with Gasteiger partial charge >= 0.3 is 5.97 Å². The van der Waals surface area contributed by atoms with Gasteiger partial charge in [-0.1, -0.05) is 77.6 Å². The molecule has 0 saturated carbocycles. The van der Waals surface area contributed by atoms with Gasteiger partial charge in [-0.15, -0.1) is 0 Å². The number of rotatable bonds is 15. The fraction of sp³-hybridized carbons (Fsp3) is 0.941. The van der Waals surface area contributed by atoms with Crippen LogP contribution in [0.25, 0.3) is 0 Å². The molecule has 0 aliphatic heterocycles. The highest BCUT2D eigenvalue weighted by Gasteiger charge is 2.23. The van der Waals surface area contributed by atoms with E-state index in [1.54, 1.807) is 0 Å². The summed E-state index contributed by atoms with van der Waals surface area (Å²) in [4.78, 5) is 10.8. The van der Waals surface area contributed by atoms with Crippen LogP contribution < -0.4 is 5.73 Å². The molecule has 0 spiro atoms. The largest absolute Gasteiger partial charge is 0.481 e. The number of hydrogen-bond donors (Lipinski definition) is 3. The van der Waals surface area contributed by atoms with E-state index in [4.69, 9.17) is 15.9 Å². The van der Waals surface area contributed by atoms with Gasteiger partial charge in [0, 0.05) is 6.04 Å². The normalized spacial score (nSPS) is 14.0. The van der Waals surface area contributed by atoms with Gasteiger partial charge in [0.15, 0.2) is 0 Å². The van der Waals surface area contributed by atoms with Crippen molar-refractivity contribution < 1.29 is 15.0 Å². The lowest BCUT2D eigenvalue weighted by Gasteiger charge is -2.17. The Kier molecular flexibility index (Phi) is 13.9. The van der Waals surface area contributed by atoms with Crippen molar-refractivity contribution in [3.05, 3.63) is 0 Å². The summed E-state index contributed by atoms with van der Waals surface area (Å²) >= 11 is 0. The van der Waals surface area contributed by atoms with Crippen molar-refractivity contribution in [3.63, 3.8) is 0 Å². The van der Waals surface area contributed by atoms with Crippen LogP contribution in [0.2, 0.25) is 0 Å². The average molecular weight is 301 g/mol. The van der Waals surface area contributed by atoms with Crippen LogP contribution in [-0.4, -0.2) is 28.8 Å². The number of aliphatic hydroxyl groups excluding tert-OH is 1. The molecule has 4 nitrogen and oxygen atoms in total. The summed E-state index contributed by atoms with van der Waals surface area (Å²) in [6.07, 6.45) is 14.7. The van der Waals surface area contributed by atoms with Crippen molar-refractivity contribution in [2.45, 2.75) is 90.0 Å². The molecule has 4 N–H and O–H groups in total. The summed E-state index contributed by atoms with van der Waals surface area (Å²) in [5, 5.41) is 17.9. The molecular formula is C17H35NO3. The monoisotopic (exact) mass is 301 g/mol. The van der Waals surface area contributed by atoms with Crippen molar-refractivity contribution in [2.75, 3.05) is 6.61 Å². The summed E-state index contributed by atoms with van der Waals surface area (Å²) in [5.41, 5.74) is 5.81. The number of unbranched alkanes of at least 4 members (excludes halogenated alkanes) is 10. The fourth-order valence-electron chi connectivity index (χ4n) is 2.64. The van der Waals surface area contributed by atoms with E-state index in [2.05, 4.69) is 6.92 Å². The minimum Gasteiger partial charge on any atom is -0.481 e.